The van der Waals surface area contributed by atoms with E-state index in [4.69, 9.17) is 0 Å². The summed E-state index contributed by atoms with van der Waals surface area (Å²) < 4.78 is 15.4. The molecule has 0 saturated carbocycles. The van der Waals surface area contributed by atoms with Gasteiger partial charge in [0.15, 0.2) is 0 Å². The second kappa shape index (κ2) is 7.48. The summed E-state index contributed by atoms with van der Waals surface area (Å²) in [4.78, 5) is 12.8. The van der Waals surface area contributed by atoms with Crippen molar-refractivity contribution in [3.8, 4) is 16.9 Å². The molecule has 2 aromatic carbocycles. The Kier molecular flexibility index (Phi) is 4.72. The molecule has 140 valence electrons. The van der Waals surface area contributed by atoms with E-state index in [9.17, 15) is 9.18 Å². The Balaban J connectivity index is 1.52. The van der Waals surface area contributed by atoms with Crippen LogP contribution in [0, 0.1) is 5.82 Å². The van der Waals surface area contributed by atoms with Crippen LogP contribution in [0.25, 0.3) is 16.9 Å². The third-order valence-corrected chi connectivity index (χ3v) is 4.50. The molecule has 7 heteroatoms. The molecule has 0 saturated heterocycles. The summed E-state index contributed by atoms with van der Waals surface area (Å²) in [5.74, 6) is -0.613. The molecule has 28 heavy (non-hydrogen) atoms. The van der Waals surface area contributed by atoms with E-state index >= 15 is 0 Å². The average molecular weight is 375 g/mol. The van der Waals surface area contributed by atoms with Crippen LogP contribution in [0.1, 0.15) is 28.9 Å². The van der Waals surface area contributed by atoms with Crippen LogP contribution in [0.4, 0.5) is 4.39 Å². The maximum atomic E-state index is 13.9. The minimum atomic E-state index is -0.361. The van der Waals surface area contributed by atoms with Gasteiger partial charge in [-0.05, 0) is 19.1 Å². The van der Waals surface area contributed by atoms with Gasteiger partial charge in [0.2, 0.25) is 0 Å². The summed E-state index contributed by atoms with van der Waals surface area (Å²) >= 11 is 0. The smallest absolute Gasteiger partial charge is 0.255 e. The molecular formula is C21H18FN5O. The second-order valence-corrected chi connectivity index (χ2v) is 6.39. The summed E-state index contributed by atoms with van der Waals surface area (Å²) in [6.45, 7) is 1.85. The van der Waals surface area contributed by atoms with Crippen molar-refractivity contribution in [2.75, 3.05) is 0 Å². The lowest BCUT2D eigenvalue weighted by Gasteiger charge is -2.12. The Morgan fingerprint density at radius 3 is 2.64 bits per heavy atom. The van der Waals surface area contributed by atoms with Gasteiger partial charge in [0.25, 0.3) is 5.91 Å². The van der Waals surface area contributed by atoms with E-state index in [1.807, 2.05) is 37.3 Å². The molecule has 0 bridgehead atoms. The van der Waals surface area contributed by atoms with Crippen molar-refractivity contribution in [3.05, 3.63) is 90.1 Å². The zero-order valence-electron chi connectivity index (χ0n) is 15.1. The van der Waals surface area contributed by atoms with Crippen molar-refractivity contribution < 1.29 is 9.18 Å². The fraction of sp³-hybridized carbons (Fsp3) is 0.0952. The summed E-state index contributed by atoms with van der Waals surface area (Å²) in [7, 11) is 0. The van der Waals surface area contributed by atoms with E-state index in [0.717, 1.165) is 11.1 Å². The van der Waals surface area contributed by atoms with Gasteiger partial charge in [0, 0.05) is 17.3 Å². The molecule has 0 aliphatic heterocycles. The molecular weight excluding hydrogens is 357 g/mol. The number of rotatable bonds is 5. The maximum absolute atomic E-state index is 13.9. The Labute approximate surface area is 161 Å². The molecule has 4 aromatic rings. The first-order valence-corrected chi connectivity index (χ1v) is 8.82. The van der Waals surface area contributed by atoms with E-state index in [1.54, 1.807) is 30.6 Å². The third-order valence-electron chi connectivity index (χ3n) is 4.50. The van der Waals surface area contributed by atoms with Crippen molar-refractivity contribution in [3.63, 3.8) is 0 Å². The van der Waals surface area contributed by atoms with Crippen molar-refractivity contribution in [1.29, 1.82) is 0 Å². The third kappa shape index (κ3) is 3.42. The van der Waals surface area contributed by atoms with E-state index < -0.39 is 0 Å². The number of amides is 1. The fourth-order valence-corrected chi connectivity index (χ4v) is 2.97. The summed E-state index contributed by atoms with van der Waals surface area (Å²) in [5.41, 5.74) is 3.12. The number of aromatic nitrogens is 4. The Morgan fingerprint density at radius 2 is 1.86 bits per heavy atom. The highest BCUT2D eigenvalue weighted by Crippen LogP contribution is 2.22. The zero-order chi connectivity index (χ0) is 19.5. The Morgan fingerprint density at radius 1 is 1.11 bits per heavy atom. The van der Waals surface area contributed by atoms with E-state index in [1.165, 1.54) is 16.9 Å². The normalized spacial score (nSPS) is 11.9. The Bertz CT molecular complexity index is 1100. The van der Waals surface area contributed by atoms with Crippen molar-refractivity contribution in [1.82, 2.24) is 25.3 Å². The molecule has 0 spiro atoms. The van der Waals surface area contributed by atoms with Crippen LogP contribution >= 0.6 is 0 Å². The van der Waals surface area contributed by atoms with Gasteiger partial charge in [0.05, 0.1) is 29.7 Å². The number of nitrogens with one attached hydrogen (secondary N) is 2. The van der Waals surface area contributed by atoms with Gasteiger partial charge in [-0.2, -0.15) is 10.2 Å². The first-order chi connectivity index (χ1) is 13.6. The molecule has 0 radical (unpaired) electrons. The van der Waals surface area contributed by atoms with Crippen molar-refractivity contribution >= 4 is 5.91 Å². The SMILES string of the molecule is CC(NC(=O)c1cn[nH]c1-c1ccccc1)c1cnn(-c2ccccc2F)c1. The quantitative estimate of drug-likeness (QED) is 0.556. The van der Waals surface area contributed by atoms with Gasteiger partial charge in [-0.15, -0.1) is 0 Å². The van der Waals surface area contributed by atoms with E-state index in [-0.39, 0.29) is 17.8 Å². The van der Waals surface area contributed by atoms with Gasteiger partial charge in [-0.3, -0.25) is 9.89 Å². The lowest BCUT2D eigenvalue weighted by Crippen LogP contribution is -2.26. The van der Waals surface area contributed by atoms with Crippen molar-refractivity contribution in [2.45, 2.75) is 13.0 Å². The molecule has 1 atom stereocenters. The molecule has 2 N–H and O–H groups in total. The van der Waals surface area contributed by atoms with Crippen LogP contribution in [-0.2, 0) is 0 Å². The number of nitrogens with zero attached hydrogens (tertiary/aromatic N) is 3. The van der Waals surface area contributed by atoms with Crippen LogP contribution in [0.15, 0.2) is 73.2 Å². The number of H-pyrrole nitrogens is 1. The monoisotopic (exact) mass is 375 g/mol. The summed E-state index contributed by atoms with van der Waals surface area (Å²) in [5, 5.41) is 14.0. The van der Waals surface area contributed by atoms with Gasteiger partial charge in [-0.1, -0.05) is 42.5 Å². The van der Waals surface area contributed by atoms with E-state index in [2.05, 4.69) is 20.6 Å². The zero-order valence-corrected chi connectivity index (χ0v) is 15.1. The molecule has 2 heterocycles. The molecule has 0 aliphatic carbocycles. The molecule has 1 unspecified atom stereocenters. The fourth-order valence-electron chi connectivity index (χ4n) is 2.97. The van der Waals surface area contributed by atoms with Crippen molar-refractivity contribution in [2.24, 2.45) is 0 Å². The summed E-state index contributed by atoms with van der Waals surface area (Å²) in [6.07, 6.45) is 4.83. The minimum absolute atomic E-state index is 0.251. The number of hydrogen-bond acceptors (Lipinski definition) is 3. The van der Waals surface area contributed by atoms with E-state index in [0.29, 0.717) is 16.9 Å². The molecule has 0 fully saturated rings. The van der Waals surface area contributed by atoms with Crippen LogP contribution in [0.2, 0.25) is 0 Å². The molecule has 4 rings (SSSR count). The van der Waals surface area contributed by atoms with Crippen LogP contribution < -0.4 is 5.32 Å². The van der Waals surface area contributed by atoms with Gasteiger partial charge in [0.1, 0.15) is 11.5 Å². The number of hydrogen-bond donors (Lipinski definition) is 2. The largest absolute Gasteiger partial charge is 0.345 e. The lowest BCUT2D eigenvalue weighted by molar-refractivity contribution is 0.0940. The second-order valence-electron chi connectivity index (χ2n) is 6.39. The molecule has 6 nitrogen and oxygen atoms in total. The Hall–Kier alpha value is -3.74. The molecule has 2 aromatic heterocycles. The average Bonchev–Trinajstić information content (AvgIpc) is 3.39. The highest BCUT2D eigenvalue weighted by atomic mass is 19.1. The van der Waals surface area contributed by atoms with Gasteiger partial charge < -0.3 is 5.32 Å². The first kappa shape index (κ1) is 17.7. The topological polar surface area (TPSA) is 75.6 Å². The highest BCUT2D eigenvalue weighted by Gasteiger charge is 2.19. The predicted octanol–water partition coefficient (Wildman–Crippen LogP) is 3.89. The number of aromatic amines is 1. The maximum Gasteiger partial charge on any atom is 0.255 e. The number of benzene rings is 2. The number of carbonyl (C=O) groups is 1. The number of carbonyl (C=O) groups excluding carboxylic acids is 1. The first-order valence-electron chi connectivity index (χ1n) is 8.82. The highest BCUT2D eigenvalue weighted by molar-refractivity contribution is 5.99. The van der Waals surface area contributed by atoms with Crippen LogP contribution in [0.5, 0.6) is 0 Å². The predicted molar refractivity (Wildman–Crippen MR) is 103 cm³/mol. The van der Waals surface area contributed by atoms with Gasteiger partial charge in [-0.25, -0.2) is 9.07 Å². The number of halogens is 1. The van der Waals surface area contributed by atoms with Gasteiger partial charge >= 0.3 is 0 Å². The standard InChI is InChI=1S/C21H18FN5O/c1-14(16-11-24-27(13-16)19-10-6-5-9-18(19)22)25-21(28)17-12-23-26-20(17)15-7-3-2-4-8-15/h2-14H,1H3,(H,23,26)(H,25,28). The summed E-state index contributed by atoms with van der Waals surface area (Å²) in [6, 6.07) is 15.6. The lowest BCUT2D eigenvalue weighted by atomic mass is 10.1. The molecule has 0 aliphatic rings. The molecule has 1 amide bonds. The minimum Gasteiger partial charge on any atom is -0.345 e. The number of para-hydroxylation sites is 1. The van der Waals surface area contributed by atoms with Crippen LogP contribution in [0.3, 0.4) is 0 Å². The van der Waals surface area contributed by atoms with Crippen LogP contribution in [-0.4, -0.2) is 25.9 Å².